The van der Waals surface area contributed by atoms with E-state index in [-0.39, 0.29) is 12.1 Å². The van der Waals surface area contributed by atoms with Crippen LogP contribution in [0.25, 0.3) is 0 Å². The Balaban J connectivity index is 1.61. The van der Waals surface area contributed by atoms with Gasteiger partial charge in [-0.1, -0.05) is 17.7 Å². The second kappa shape index (κ2) is 7.98. The largest absolute Gasteiger partial charge is 0.494 e. The molecule has 25 heavy (non-hydrogen) atoms. The Bertz CT molecular complexity index is 702. The molecule has 2 aromatic rings. The smallest absolute Gasteiger partial charge is 0.246 e. The normalized spacial score (nSPS) is 19.4. The van der Waals surface area contributed by atoms with E-state index < -0.39 is 6.04 Å². The average Bonchev–Trinajstić information content (AvgIpc) is 3.07. The van der Waals surface area contributed by atoms with Gasteiger partial charge >= 0.3 is 0 Å². The topological polar surface area (TPSA) is 86.5 Å². The maximum Gasteiger partial charge on any atom is 0.246 e. The van der Waals surface area contributed by atoms with Crippen LogP contribution in [-0.4, -0.2) is 24.7 Å². The zero-order chi connectivity index (χ0) is 17.6. The monoisotopic (exact) mass is 341 g/mol. The first-order valence-corrected chi connectivity index (χ1v) is 8.28. The van der Waals surface area contributed by atoms with Crippen molar-refractivity contribution in [3.63, 3.8) is 0 Å². The molecule has 3 rings (SSSR count). The quantitative estimate of drug-likeness (QED) is 0.550. The van der Waals surface area contributed by atoms with Gasteiger partial charge in [-0.2, -0.15) is 5.53 Å². The molecule has 0 aromatic heterocycles. The second-order valence-electron chi connectivity index (χ2n) is 5.83. The minimum absolute atomic E-state index is 0.147. The third-order valence-electron chi connectivity index (χ3n) is 3.88. The van der Waals surface area contributed by atoms with Crippen LogP contribution in [0.2, 0.25) is 0 Å². The van der Waals surface area contributed by atoms with Crippen molar-refractivity contribution in [2.75, 3.05) is 17.2 Å². The molecule has 0 saturated carbocycles. The van der Waals surface area contributed by atoms with Gasteiger partial charge in [0.1, 0.15) is 18.0 Å². The van der Waals surface area contributed by atoms with E-state index in [1.807, 2.05) is 62.4 Å². The Morgan fingerprint density at radius 2 is 1.72 bits per heavy atom. The lowest BCUT2D eigenvalue weighted by atomic mass is 10.2. The molecule has 2 unspecified atom stereocenters. The van der Waals surface area contributed by atoms with Gasteiger partial charge in [-0.05, 0) is 50.2 Å². The lowest BCUT2D eigenvalue weighted by Gasteiger charge is -2.20. The van der Waals surface area contributed by atoms with Crippen molar-refractivity contribution >= 4 is 17.3 Å². The van der Waals surface area contributed by atoms with Gasteiger partial charge in [0, 0.05) is 11.4 Å². The number of rotatable bonds is 6. The van der Waals surface area contributed by atoms with E-state index in [0.717, 1.165) is 17.1 Å². The highest BCUT2D eigenvalue weighted by atomic mass is 16.5. The van der Waals surface area contributed by atoms with E-state index >= 15 is 0 Å². The average molecular weight is 341 g/mol. The van der Waals surface area contributed by atoms with E-state index in [9.17, 15) is 4.79 Å². The number of hydrazine groups is 2. The third kappa shape index (κ3) is 4.48. The van der Waals surface area contributed by atoms with Gasteiger partial charge in [-0.25, -0.2) is 10.9 Å². The van der Waals surface area contributed by atoms with Gasteiger partial charge in [-0.15, -0.1) is 0 Å². The van der Waals surface area contributed by atoms with Crippen LogP contribution in [0, 0.1) is 6.92 Å². The van der Waals surface area contributed by atoms with Crippen molar-refractivity contribution in [3.8, 4) is 5.75 Å². The maximum atomic E-state index is 12.6. The van der Waals surface area contributed by atoms with Gasteiger partial charge in [0.15, 0.2) is 0 Å². The highest BCUT2D eigenvalue weighted by Crippen LogP contribution is 2.17. The summed E-state index contributed by atoms with van der Waals surface area (Å²) in [6, 6.07) is 14.8. The minimum Gasteiger partial charge on any atom is -0.494 e. The predicted octanol–water partition coefficient (Wildman–Crippen LogP) is 1.75. The molecular formula is C18H23N5O2. The number of ether oxygens (including phenoxy) is 1. The Kier molecular flexibility index (Phi) is 5.49. The van der Waals surface area contributed by atoms with Crippen molar-refractivity contribution in [1.82, 2.24) is 16.4 Å². The predicted molar refractivity (Wildman–Crippen MR) is 98.0 cm³/mol. The maximum absolute atomic E-state index is 12.6. The highest BCUT2D eigenvalue weighted by Gasteiger charge is 2.32. The standard InChI is InChI=1S/C18H23N5O2/c1-3-25-15-10-8-14(9-11-15)20-18(24)16-17(22-23-21-16)19-13-6-4-12(2)5-7-13/h4-11,16-17,19,21-23H,3H2,1-2H3,(H,20,24). The van der Waals surface area contributed by atoms with E-state index in [1.165, 1.54) is 5.56 Å². The molecule has 0 bridgehead atoms. The van der Waals surface area contributed by atoms with Crippen molar-refractivity contribution in [2.24, 2.45) is 0 Å². The van der Waals surface area contributed by atoms with Crippen LogP contribution in [0.3, 0.4) is 0 Å². The van der Waals surface area contributed by atoms with Gasteiger partial charge in [-0.3, -0.25) is 4.79 Å². The summed E-state index contributed by atoms with van der Waals surface area (Å²) in [5.41, 5.74) is 11.6. The summed E-state index contributed by atoms with van der Waals surface area (Å²) in [5, 5.41) is 6.19. The van der Waals surface area contributed by atoms with Crippen LogP contribution in [0.15, 0.2) is 48.5 Å². The highest BCUT2D eigenvalue weighted by molar-refractivity contribution is 5.95. The number of hydrogen-bond acceptors (Lipinski definition) is 6. The zero-order valence-electron chi connectivity index (χ0n) is 14.3. The van der Waals surface area contributed by atoms with Crippen LogP contribution in [-0.2, 0) is 4.79 Å². The Morgan fingerprint density at radius 1 is 1.04 bits per heavy atom. The lowest BCUT2D eigenvalue weighted by Crippen LogP contribution is -2.47. The van der Waals surface area contributed by atoms with Crippen molar-refractivity contribution < 1.29 is 9.53 Å². The summed E-state index contributed by atoms with van der Waals surface area (Å²) in [6.45, 7) is 4.58. The number of nitrogens with one attached hydrogen (secondary N) is 5. The van der Waals surface area contributed by atoms with Crippen LogP contribution in [0.4, 0.5) is 11.4 Å². The molecule has 2 atom stereocenters. The number of carbonyl (C=O) groups excluding carboxylic acids is 1. The van der Waals surface area contributed by atoms with Gasteiger partial charge in [0.25, 0.3) is 0 Å². The Hall–Kier alpha value is -2.61. The number of aryl methyl sites for hydroxylation is 1. The molecule has 0 spiro atoms. The number of amides is 1. The fourth-order valence-corrected chi connectivity index (χ4v) is 2.55. The summed E-state index contributed by atoms with van der Waals surface area (Å²) >= 11 is 0. The first kappa shape index (κ1) is 17.2. The molecule has 0 radical (unpaired) electrons. The summed E-state index contributed by atoms with van der Waals surface area (Å²) in [7, 11) is 0. The molecule has 1 fully saturated rings. The SMILES string of the molecule is CCOc1ccc(NC(=O)C2NNNC2Nc2ccc(C)cc2)cc1. The van der Waals surface area contributed by atoms with E-state index in [1.54, 1.807) is 0 Å². The molecule has 7 heteroatoms. The van der Waals surface area contributed by atoms with E-state index in [2.05, 4.69) is 27.0 Å². The Morgan fingerprint density at radius 3 is 2.40 bits per heavy atom. The van der Waals surface area contributed by atoms with Crippen LogP contribution >= 0.6 is 0 Å². The van der Waals surface area contributed by atoms with E-state index in [4.69, 9.17) is 4.74 Å². The molecule has 132 valence electrons. The second-order valence-corrected chi connectivity index (χ2v) is 5.83. The fraction of sp³-hybridized carbons (Fsp3) is 0.278. The van der Waals surface area contributed by atoms with E-state index in [0.29, 0.717) is 6.61 Å². The molecule has 1 heterocycles. The molecule has 1 amide bonds. The van der Waals surface area contributed by atoms with Crippen molar-refractivity contribution in [2.45, 2.75) is 26.1 Å². The molecular weight excluding hydrogens is 318 g/mol. The van der Waals surface area contributed by atoms with Crippen molar-refractivity contribution in [3.05, 3.63) is 54.1 Å². The molecule has 2 aromatic carbocycles. The molecule has 7 nitrogen and oxygen atoms in total. The summed E-state index contributed by atoms with van der Waals surface area (Å²) in [6.07, 6.45) is -0.287. The zero-order valence-corrected chi connectivity index (χ0v) is 14.3. The Labute approximate surface area is 147 Å². The summed E-state index contributed by atoms with van der Waals surface area (Å²) in [4.78, 5) is 12.6. The number of carbonyl (C=O) groups is 1. The molecule has 1 aliphatic heterocycles. The first-order valence-electron chi connectivity index (χ1n) is 8.28. The van der Waals surface area contributed by atoms with Gasteiger partial charge in [0.05, 0.1) is 6.61 Å². The molecule has 5 N–H and O–H groups in total. The summed E-state index contributed by atoms with van der Waals surface area (Å²) < 4.78 is 5.40. The molecule has 1 saturated heterocycles. The molecule has 1 aliphatic rings. The fourth-order valence-electron chi connectivity index (χ4n) is 2.55. The minimum atomic E-state index is -0.479. The van der Waals surface area contributed by atoms with Crippen molar-refractivity contribution in [1.29, 1.82) is 0 Å². The number of benzene rings is 2. The number of hydrogen-bond donors (Lipinski definition) is 5. The van der Waals surface area contributed by atoms with Crippen LogP contribution in [0.1, 0.15) is 12.5 Å². The van der Waals surface area contributed by atoms with Crippen LogP contribution in [0.5, 0.6) is 5.75 Å². The third-order valence-corrected chi connectivity index (χ3v) is 3.88. The summed E-state index contributed by atoms with van der Waals surface area (Å²) in [5.74, 6) is 0.632. The lowest BCUT2D eigenvalue weighted by molar-refractivity contribution is -0.118. The van der Waals surface area contributed by atoms with Gasteiger partial charge in [0.2, 0.25) is 5.91 Å². The van der Waals surface area contributed by atoms with Crippen LogP contribution < -0.4 is 31.8 Å². The first-order chi connectivity index (χ1) is 12.2. The molecule has 0 aliphatic carbocycles. The van der Waals surface area contributed by atoms with Gasteiger partial charge < -0.3 is 15.4 Å². The number of anilines is 2.